The van der Waals surface area contributed by atoms with Crippen LogP contribution in [-0.2, 0) is 38.6 Å². The summed E-state index contributed by atoms with van der Waals surface area (Å²) >= 11 is 0. The molecule has 4 atom stereocenters. The number of hydrogen-bond acceptors (Lipinski definition) is 7. The lowest BCUT2D eigenvalue weighted by Crippen LogP contribution is -2.43. The highest BCUT2D eigenvalue weighted by Crippen LogP contribution is 2.54. The van der Waals surface area contributed by atoms with E-state index in [1.165, 1.54) is 0 Å². The topological polar surface area (TPSA) is 80.3 Å². The van der Waals surface area contributed by atoms with Gasteiger partial charge >= 0.3 is 7.60 Å². The van der Waals surface area contributed by atoms with Crippen LogP contribution in [0.2, 0.25) is 37.8 Å². The van der Waals surface area contributed by atoms with Crippen molar-refractivity contribution in [2.45, 2.75) is 124 Å². The van der Waals surface area contributed by atoms with E-state index in [1.54, 1.807) is 20.8 Å². The number of Topliss-reactive ketones (excluding diaryl/α,β-unsaturated/α-hetero) is 1. The number of carbonyl (C=O) groups is 1. The molecule has 0 amide bonds. The van der Waals surface area contributed by atoms with E-state index in [-0.39, 0.29) is 30.1 Å². The Labute approximate surface area is 258 Å². The number of ether oxygens (including phenoxy) is 1. The molecule has 7 nitrogen and oxygen atoms in total. The lowest BCUT2D eigenvalue weighted by atomic mass is 9.91. The van der Waals surface area contributed by atoms with Crippen molar-refractivity contribution in [3.05, 3.63) is 47.5 Å². The lowest BCUT2D eigenvalue weighted by Gasteiger charge is -2.36. The summed E-state index contributed by atoms with van der Waals surface area (Å²) in [5.41, 5.74) is 1.21. The predicted molar refractivity (Wildman–Crippen MR) is 179 cm³/mol. The summed E-state index contributed by atoms with van der Waals surface area (Å²) in [7, 11) is -7.61. The van der Waals surface area contributed by atoms with Gasteiger partial charge in [0.2, 0.25) is 0 Å². The molecule has 0 spiro atoms. The molecule has 0 aliphatic rings. The Hall–Kier alpha value is -0.906. The molecule has 0 radical (unpaired) electrons. The molecule has 0 fully saturated rings. The molecule has 1 aromatic carbocycles. The van der Waals surface area contributed by atoms with Gasteiger partial charge in [0.1, 0.15) is 5.66 Å². The van der Waals surface area contributed by atoms with E-state index >= 15 is 0 Å². The van der Waals surface area contributed by atoms with Gasteiger partial charge in [-0.3, -0.25) is 9.36 Å². The van der Waals surface area contributed by atoms with E-state index < -0.39 is 41.9 Å². The molecular formula is C32H59O7PSi2. The molecule has 1 rings (SSSR count). The van der Waals surface area contributed by atoms with Gasteiger partial charge in [0.25, 0.3) is 0 Å². The standard InChI is InChI=1S/C32H59O7PSi2/c1-14-36-40(34,37-15-2)27(5)31(33)26(4)30(39-41(9,10)11)23-29(35-24-28-19-17-16-18-20-28)25(3)21-22-38-42(12,13)32(6,7)8/h16-21,26-27,29-30H,14-15,22-24H2,1-13H3/b25-21+/t26-,27?,29-,30+/m0/s1. The zero-order valence-electron chi connectivity index (χ0n) is 28.6. The van der Waals surface area contributed by atoms with Gasteiger partial charge < -0.3 is 22.6 Å². The molecule has 0 saturated heterocycles. The molecule has 0 bridgehead atoms. The zero-order valence-corrected chi connectivity index (χ0v) is 31.5. The maximum absolute atomic E-state index is 13.8. The summed E-state index contributed by atoms with van der Waals surface area (Å²) in [6.45, 7) is 27.9. The summed E-state index contributed by atoms with van der Waals surface area (Å²) in [5, 5.41) is 0.114. The van der Waals surface area contributed by atoms with E-state index in [1.807, 2.05) is 37.3 Å². The average Bonchev–Trinajstić information content (AvgIpc) is 2.88. The summed E-state index contributed by atoms with van der Waals surface area (Å²) in [6.07, 6.45) is 1.85. The predicted octanol–water partition coefficient (Wildman–Crippen LogP) is 9.01. The van der Waals surface area contributed by atoms with E-state index in [4.69, 9.17) is 22.6 Å². The first-order valence-electron chi connectivity index (χ1n) is 15.3. The molecule has 42 heavy (non-hydrogen) atoms. The SMILES string of the molecule is CCOP(=O)(OCC)C(C)C(=O)[C@@H](C)[C@@H](C[C@H](OCc1ccccc1)/C(C)=C/CO[Si](C)(C)C(C)(C)C)O[Si](C)(C)C. The van der Waals surface area contributed by atoms with E-state index in [9.17, 15) is 9.36 Å². The third kappa shape index (κ3) is 12.6. The zero-order chi connectivity index (χ0) is 32.4. The van der Waals surface area contributed by atoms with E-state index in [0.29, 0.717) is 19.6 Å². The van der Waals surface area contributed by atoms with Gasteiger partial charge in [0, 0.05) is 12.3 Å². The highest BCUT2D eigenvalue weighted by Gasteiger charge is 2.42. The van der Waals surface area contributed by atoms with Crippen LogP contribution in [0, 0.1) is 5.92 Å². The fourth-order valence-electron chi connectivity index (χ4n) is 4.25. The van der Waals surface area contributed by atoms with Crippen LogP contribution < -0.4 is 0 Å². The summed E-state index contributed by atoms with van der Waals surface area (Å²) in [6, 6.07) is 10.1. The average molecular weight is 643 g/mol. The first-order valence-corrected chi connectivity index (χ1v) is 23.3. The second-order valence-corrected chi connectivity index (χ2v) is 25.2. The van der Waals surface area contributed by atoms with Crippen LogP contribution in [-0.4, -0.2) is 60.1 Å². The molecule has 1 unspecified atom stereocenters. The highest BCUT2D eigenvalue weighted by atomic mass is 31.2. The minimum Gasteiger partial charge on any atom is -0.414 e. The molecule has 0 aromatic heterocycles. The van der Waals surface area contributed by atoms with Crippen molar-refractivity contribution in [3.63, 3.8) is 0 Å². The van der Waals surface area contributed by atoms with Crippen molar-refractivity contribution < 1.29 is 32.0 Å². The highest BCUT2D eigenvalue weighted by molar-refractivity contribution is 7.55. The second kappa shape index (κ2) is 17.0. The minimum absolute atomic E-state index is 0.114. The van der Waals surface area contributed by atoms with Gasteiger partial charge in [0.15, 0.2) is 22.4 Å². The Morgan fingerprint density at radius 3 is 2.00 bits per heavy atom. The number of carbonyl (C=O) groups excluding carboxylic acids is 1. The van der Waals surface area contributed by atoms with Crippen molar-refractivity contribution in [1.29, 1.82) is 0 Å². The number of benzene rings is 1. The second-order valence-electron chi connectivity index (χ2n) is 13.6. The summed E-state index contributed by atoms with van der Waals surface area (Å²) < 4.78 is 44.1. The maximum atomic E-state index is 13.8. The van der Waals surface area contributed by atoms with E-state index in [2.05, 4.69) is 66.5 Å². The monoisotopic (exact) mass is 642 g/mol. The van der Waals surface area contributed by atoms with Crippen LogP contribution in [0.3, 0.4) is 0 Å². The van der Waals surface area contributed by atoms with Crippen LogP contribution in [0.25, 0.3) is 0 Å². The Morgan fingerprint density at radius 1 is 0.976 bits per heavy atom. The molecule has 0 N–H and O–H groups in total. The smallest absolute Gasteiger partial charge is 0.340 e. The lowest BCUT2D eigenvalue weighted by molar-refractivity contribution is -0.125. The summed E-state index contributed by atoms with van der Waals surface area (Å²) in [4.78, 5) is 13.8. The molecular weight excluding hydrogens is 583 g/mol. The molecule has 10 heteroatoms. The number of ketones is 1. The van der Waals surface area contributed by atoms with Crippen molar-refractivity contribution in [3.8, 4) is 0 Å². The van der Waals surface area contributed by atoms with Crippen LogP contribution in [0.15, 0.2) is 42.0 Å². The van der Waals surface area contributed by atoms with Gasteiger partial charge in [-0.1, -0.05) is 64.1 Å². The van der Waals surface area contributed by atoms with Crippen molar-refractivity contribution in [2.75, 3.05) is 19.8 Å². The maximum Gasteiger partial charge on any atom is 0.340 e. The normalized spacial score (nSPS) is 16.6. The number of rotatable bonds is 19. The number of hydrogen-bond donors (Lipinski definition) is 0. The van der Waals surface area contributed by atoms with Gasteiger partial charge in [0.05, 0.1) is 38.6 Å². The van der Waals surface area contributed by atoms with Gasteiger partial charge in [-0.15, -0.1) is 0 Å². The molecule has 0 aliphatic carbocycles. The third-order valence-corrected chi connectivity index (χ3v) is 15.9. The largest absolute Gasteiger partial charge is 0.414 e. The Morgan fingerprint density at radius 2 is 1.52 bits per heavy atom. The van der Waals surface area contributed by atoms with E-state index in [0.717, 1.165) is 11.1 Å². The van der Waals surface area contributed by atoms with Gasteiger partial charge in [-0.25, -0.2) is 0 Å². The van der Waals surface area contributed by atoms with Crippen LogP contribution in [0.4, 0.5) is 0 Å². The summed E-state index contributed by atoms with van der Waals surface area (Å²) in [5.74, 6) is -0.728. The minimum atomic E-state index is -3.61. The molecule has 0 saturated carbocycles. The Balaban J connectivity index is 3.34. The van der Waals surface area contributed by atoms with Crippen LogP contribution >= 0.6 is 7.60 Å². The third-order valence-electron chi connectivity index (χ3n) is 7.92. The first-order chi connectivity index (χ1) is 19.3. The van der Waals surface area contributed by atoms with Crippen molar-refractivity contribution in [2.24, 2.45) is 5.92 Å². The van der Waals surface area contributed by atoms with Crippen molar-refractivity contribution in [1.82, 2.24) is 0 Å². The van der Waals surface area contributed by atoms with Crippen LogP contribution in [0.5, 0.6) is 0 Å². The van der Waals surface area contributed by atoms with Gasteiger partial charge in [-0.2, -0.15) is 0 Å². The van der Waals surface area contributed by atoms with Crippen LogP contribution in [0.1, 0.15) is 67.4 Å². The molecule has 242 valence electrons. The quantitative estimate of drug-likeness (QED) is 0.0846. The Bertz CT molecular complexity index is 1020. The molecule has 0 aliphatic heterocycles. The first kappa shape index (κ1) is 39.1. The molecule has 0 heterocycles. The Kier molecular flexibility index (Phi) is 15.8. The fourth-order valence-corrected chi connectivity index (χ4v) is 8.18. The van der Waals surface area contributed by atoms with Gasteiger partial charge in [-0.05, 0) is 76.6 Å². The fraction of sp³-hybridized carbons (Fsp3) is 0.719. The molecule has 1 aromatic rings. The van der Waals surface area contributed by atoms with Crippen molar-refractivity contribution >= 4 is 30.0 Å².